The predicted molar refractivity (Wildman–Crippen MR) is 118 cm³/mol. The van der Waals surface area contributed by atoms with Crippen molar-refractivity contribution in [3.8, 4) is 5.75 Å². The van der Waals surface area contributed by atoms with Gasteiger partial charge in [-0.25, -0.2) is 0 Å². The molecule has 0 heterocycles. The molecule has 0 amide bonds. The third kappa shape index (κ3) is 6.55. The van der Waals surface area contributed by atoms with Crippen molar-refractivity contribution in [1.29, 1.82) is 0 Å². The number of nitrogens with zero attached hydrogens (tertiary/aromatic N) is 1. The fraction of sp³-hybridized carbons (Fsp3) is 0.632. The predicted octanol–water partition coefficient (Wildman–Crippen LogP) is 4.04. The molecule has 3 rings (SSSR count). The lowest BCUT2D eigenvalue weighted by molar-refractivity contribution is 0.296. The Balaban J connectivity index is 0.00000225. The Bertz CT molecular complexity index is 565. The Morgan fingerprint density at radius 2 is 2.04 bits per heavy atom. The topological polar surface area (TPSA) is 45.7 Å². The zero-order valence-corrected chi connectivity index (χ0v) is 18.3. The summed E-state index contributed by atoms with van der Waals surface area (Å²) < 4.78 is 5.99. The number of aliphatic imine (C=N–C) groups is 1. The molecule has 0 spiro atoms. The van der Waals surface area contributed by atoms with Crippen molar-refractivity contribution in [3.63, 3.8) is 0 Å². The van der Waals surface area contributed by atoms with Gasteiger partial charge in [-0.05, 0) is 50.3 Å². The van der Waals surface area contributed by atoms with Crippen molar-refractivity contribution in [3.05, 3.63) is 29.8 Å². The first-order chi connectivity index (χ1) is 11.8. The molecule has 2 fully saturated rings. The molecule has 2 unspecified atom stereocenters. The van der Waals surface area contributed by atoms with Crippen LogP contribution >= 0.6 is 35.7 Å². The minimum absolute atomic E-state index is 0. The van der Waals surface area contributed by atoms with Crippen LogP contribution in [0.15, 0.2) is 29.3 Å². The number of hydrogen-bond acceptors (Lipinski definition) is 3. The van der Waals surface area contributed by atoms with Crippen LogP contribution in [0.25, 0.3) is 0 Å². The van der Waals surface area contributed by atoms with Crippen molar-refractivity contribution in [2.45, 2.75) is 49.9 Å². The minimum atomic E-state index is 0. The first-order valence-electron chi connectivity index (χ1n) is 8.99. The van der Waals surface area contributed by atoms with Crippen LogP contribution in [0.4, 0.5) is 0 Å². The van der Waals surface area contributed by atoms with E-state index in [9.17, 15) is 0 Å². The van der Waals surface area contributed by atoms with Gasteiger partial charge in [-0.1, -0.05) is 18.2 Å². The maximum atomic E-state index is 5.99. The maximum Gasteiger partial charge on any atom is 0.191 e. The van der Waals surface area contributed by atoms with E-state index in [1.807, 2.05) is 24.9 Å². The van der Waals surface area contributed by atoms with Crippen molar-refractivity contribution >= 4 is 41.7 Å². The Labute approximate surface area is 173 Å². The molecule has 0 aliphatic heterocycles. The largest absolute Gasteiger partial charge is 0.493 e. The number of rotatable bonds is 7. The van der Waals surface area contributed by atoms with Crippen LogP contribution in [0, 0.1) is 5.92 Å². The smallest absolute Gasteiger partial charge is 0.191 e. The Morgan fingerprint density at radius 1 is 1.24 bits per heavy atom. The van der Waals surface area contributed by atoms with E-state index in [0.29, 0.717) is 6.04 Å². The van der Waals surface area contributed by atoms with Gasteiger partial charge in [-0.2, -0.15) is 11.8 Å². The van der Waals surface area contributed by atoms with E-state index in [1.165, 1.54) is 37.7 Å². The Morgan fingerprint density at radius 3 is 2.72 bits per heavy atom. The molecule has 0 saturated heterocycles. The summed E-state index contributed by atoms with van der Waals surface area (Å²) in [6.07, 6.45) is 8.59. The van der Waals surface area contributed by atoms with E-state index < -0.39 is 0 Å². The number of ether oxygens (including phenoxy) is 1. The van der Waals surface area contributed by atoms with Gasteiger partial charge >= 0.3 is 0 Å². The lowest BCUT2D eigenvalue weighted by Gasteiger charge is -2.18. The summed E-state index contributed by atoms with van der Waals surface area (Å²) in [5, 5.41) is 7.79. The fourth-order valence-electron chi connectivity index (χ4n) is 3.14. The van der Waals surface area contributed by atoms with Gasteiger partial charge < -0.3 is 15.4 Å². The molecule has 1 aromatic rings. The molecule has 140 valence electrons. The van der Waals surface area contributed by atoms with E-state index in [1.54, 1.807) is 0 Å². The van der Waals surface area contributed by atoms with Crippen LogP contribution in [0.1, 0.15) is 37.7 Å². The summed E-state index contributed by atoms with van der Waals surface area (Å²) in [7, 11) is 1.84. The van der Waals surface area contributed by atoms with Gasteiger partial charge in [0.2, 0.25) is 0 Å². The maximum absolute atomic E-state index is 5.99. The molecule has 4 nitrogen and oxygen atoms in total. The quantitative estimate of drug-likeness (QED) is 0.355. The first-order valence-corrected chi connectivity index (χ1v) is 10.3. The number of halogens is 1. The molecule has 2 atom stereocenters. The summed E-state index contributed by atoms with van der Waals surface area (Å²) in [6, 6.07) is 8.84. The lowest BCUT2D eigenvalue weighted by Crippen LogP contribution is -2.42. The zero-order chi connectivity index (χ0) is 16.8. The second-order valence-electron chi connectivity index (χ2n) is 6.80. The molecule has 0 radical (unpaired) electrons. The Kier molecular flexibility index (Phi) is 8.69. The number of guanidine groups is 1. The number of hydrogen-bond donors (Lipinski definition) is 2. The molecule has 25 heavy (non-hydrogen) atoms. The van der Waals surface area contributed by atoms with Crippen molar-refractivity contribution in [1.82, 2.24) is 10.6 Å². The summed E-state index contributed by atoms with van der Waals surface area (Å²) in [4.78, 5) is 4.38. The van der Waals surface area contributed by atoms with Crippen molar-refractivity contribution in [2.24, 2.45) is 10.9 Å². The van der Waals surface area contributed by atoms with Gasteiger partial charge in [-0.3, -0.25) is 4.99 Å². The normalized spacial score (nSPS) is 23.0. The van der Waals surface area contributed by atoms with Gasteiger partial charge in [0.05, 0.1) is 6.61 Å². The molecule has 2 aliphatic carbocycles. The molecule has 6 heteroatoms. The number of benzene rings is 1. The molecule has 0 aromatic heterocycles. The molecule has 1 aromatic carbocycles. The highest BCUT2D eigenvalue weighted by molar-refractivity contribution is 14.0. The number of nitrogens with one attached hydrogen (secondary N) is 2. The van der Waals surface area contributed by atoms with Crippen LogP contribution in [-0.4, -0.2) is 37.2 Å². The SMILES string of the molecule is CN=C(NCc1ccccc1OCC1CC1)NC1CCC(SC)C1.I. The van der Waals surface area contributed by atoms with E-state index in [4.69, 9.17) is 4.74 Å². The van der Waals surface area contributed by atoms with Crippen LogP contribution in [0.3, 0.4) is 0 Å². The van der Waals surface area contributed by atoms with Crippen LogP contribution < -0.4 is 15.4 Å². The summed E-state index contributed by atoms with van der Waals surface area (Å²) in [5.41, 5.74) is 1.19. The number of para-hydroxylation sites is 1. The molecular weight excluding hydrogens is 445 g/mol. The molecule has 2 N–H and O–H groups in total. The second kappa shape index (κ2) is 10.5. The van der Waals surface area contributed by atoms with Crippen LogP contribution in [0.2, 0.25) is 0 Å². The van der Waals surface area contributed by atoms with E-state index >= 15 is 0 Å². The van der Waals surface area contributed by atoms with E-state index in [-0.39, 0.29) is 24.0 Å². The fourth-order valence-corrected chi connectivity index (χ4v) is 3.93. The molecule has 2 aliphatic rings. The molecular formula is C19H30IN3OS. The zero-order valence-electron chi connectivity index (χ0n) is 15.2. The van der Waals surface area contributed by atoms with E-state index in [2.05, 4.69) is 40.1 Å². The average molecular weight is 475 g/mol. The standard InChI is InChI=1S/C19H29N3OS.HI/c1-20-19(22-16-9-10-17(11-16)24-2)21-12-15-5-3-4-6-18(15)23-13-14-7-8-14;/h3-6,14,16-17H,7-13H2,1-2H3,(H2,20,21,22);1H. The first kappa shape index (κ1) is 20.7. The highest BCUT2D eigenvalue weighted by Gasteiger charge is 2.24. The van der Waals surface area contributed by atoms with Crippen molar-refractivity contribution in [2.75, 3.05) is 19.9 Å². The van der Waals surface area contributed by atoms with E-state index in [0.717, 1.165) is 36.0 Å². The van der Waals surface area contributed by atoms with Crippen LogP contribution in [-0.2, 0) is 6.54 Å². The van der Waals surface area contributed by atoms with Gasteiger partial charge in [0.15, 0.2) is 5.96 Å². The second-order valence-corrected chi connectivity index (χ2v) is 7.94. The Hall–Kier alpha value is -0.630. The van der Waals surface area contributed by atoms with Gasteiger partial charge in [-0.15, -0.1) is 24.0 Å². The van der Waals surface area contributed by atoms with Crippen LogP contribution in [0.5, 0.6) is 5.75 Å². The van der Waals surface area contributed by atoms with Gasteiger partial charge in [0.25, 0.3) is 0 Å². The van der Waals surface area contributed by atoms with Crippen molar-refractivity contribution < 1.29 is 4.74 Å². The summed E-state index contributed by atoms with van der Waals surface area (Å²) >= 11 is 1.98. The molecule has 0 bridgehead atoms. The highest BCUT2D eigenvalue weighted by Crippen LogP contribution is 2.30. The third-order valence-electron chi connectivity index (χ3n) is 4.87. The minimum Gasteiger partial charge on any atom is -0.493 e. The monoisotopic (exact) mass is 475 g/mol. The summed E-state index contributed by atoms with van der Waals surface area (Å²) in [6.45, 7) is 1.58. The average Bonchev–Trinajstić information content (AvgIpc) is 3.34. The molecule has 2 saturated carbocycles. The van der Waals surface area contributed by atoms with Gasteiger partial charge in [0, 0.05) is 30.4 Å². The lowest BCUT2D eigenvalue weighted by atomic mass is 10.2. The summed E-state index contributed by atoms with van der Waals surface area (Å²) in [5.74, 6) is 2.65. The highest BCUT2D eigenvalue weighted by atomic mass is 127. The third-order valence-corrected chi connectivity index (χ3v) is 5.97. The van der Waals surface area contributed by atoms with Gasteiger partial charge in [0.1, 0.15) is 5.75 Å². The number of thioether (sulfide) groups is 1.